The van der Waals surface area contributed by atoms with Gasteiger partial charge < -0.3 is 21.0 Å². The molecule has 178 valence electrons. The third kappa shape index (κ3) is 3.90. The minimum absolute atomic E-state index is 0.105. The number of carbonyl (C=O) groups is 3. The predicted molar refractivity (Wildman–Crippen MR) is 127 cm³/mol. The van der Waals surface area contributed by atoms with Crippen LogP contribution in [0.15, 0.2) is 28.5 Å². The van der Waals surface area contributed by atoms with Gasteiger partial charge in [0.1, 0.15) is 18.8 Å². The molecule has 0 aromatic carbocycles. The summed E-state index contributed by atoms with van der Waals surface area (Å²) < 4.78 is 1.79. The van der Waals surface area contributed by atoms with E-state index in [9.17, 15) is 19.5 Å². The smallest absolute Gasteiger partial charge is 0.360 e. The van der Waals surface area contributed by atoms with Gasteiger partial charge in [0.2, 0.25) is 5.70 Å². The van der Waals surface area contributed by atoms with Crippen molar-refractivity contribution in [3.8, 4) is 0 Å². The Balaban J connectivity index is 1.62. The van der Waals surface area contributed by atoms with Crippen LogP contribution in [-0.4, -0.2) is 63.4 Å². The van der Waals surface area contributed by atoms with Gasteiger partial charge in [-0.15, -0.1) is 11.3 Å². The van der Waals surface area contributed by atoms with E-state index in [1.54, 1.807) is 16.1 Å². The van der Waals surface area contributed by atoms with Crippen molar-refractivity contribution in [2.45, 2.75) is 32.9 Å². The molecule has 2 aliphatic heterocycles. The van der Waals surface area contributed by atoms with Gasteiger partial charge in [-0.3, -0.25) is 14.5 Å². The molecule has 11 nitrogen and oxygen atoms in total. The number of β-lactam (4-membered cyclic amide) rings is 1. The zero-order valence-electron chi connectivity index (χ0n) is 18.9. The number of rotatable bonds is 6. The van der Waals surface area contributed by atoms with Crippen LogP contribution in [0.4, 0.5) is 5.13 Å². The monoisotopic (exact) mass is 503 g/mol. The quantitative estimate of drug-likeness (QED) is 0.225. The topological polar surface area (TPSA) is 151 Å². The average Bonchev–Trinajstić information content (AvgIpc) is 3.24. The Kier molecular flexibility index (Phi) is 6.32. The molecule has 0 bridgehead atoms. The lowest BCUT2D eigenvalue weighted by Crippen LogP contribution is -2.73. The summed E-state index contributed by atoms with van der Waals surface area (Å²) >= 11 is 2.47. The maximum Gasteiger partial charge on any atom is 0.360 e. The summed E-state index contributed by atoms with van der Waals surface area (Å²) in [4.78, 5) is 48.2. The fourth-order valence-electron chi connectivity index (χ4n) is 3.87. The molecule has 2 aromatic heterocycles. The number of aromatic nitrogens is 2. The first-order valence-electron chi connectivity index (χ1n) is 10.2. The third-order valence-corrected chi connectivity index (χ3v) is 7.74. The molecule has 0 radical (unpaired) electrons. The molecule has 1 fully saturated rings. The molecule has 4 N–H and O–H groups in total. The molecule has 0 spiro atoms. The Morgan fingerprint density at radius 1 is 1.38 bits per heavy atom. The summed E-state index contributed by atoms with van der Waals surface area (Å²) in [6.45, 7) is 5.86. The van der Waals surface area contributed by atoms with E-state index in [2.05, 4.69) is 15.5 Å². The van der Waals surface area contributed by atoms with E-state index >= 15 is 0 Å². The van der Waals surface area contributed by atoms with E-state index < -0.39 is 29.9 Å². The van der Waals surface area contributed by atoms with Gasteiger partial charge >= 0.3 is 5.97 Å². The van der Waals surface area contributed by atoms with Crippen molar-refractivity contribution < 1.29 is 28.9 Å². The number of carboxylic acid groups (broad SMARTS) is 1. The average molecular weight is 504 g/mol. The summed E-state index contributed by atoms with van der Waals surface area (Å²) in [5.41, 5.74) is 8.65. The summed E-state index contributed by atoms with van der Waals surface area (Å²) in [7, 11) is 1.29. The highest BCUT2D eigenvalue weighted by atomic mass is 32.2. The second-order valence-corrected chi connectivity index (χ2v) is 9.67. The van der Waals surface area contributed by atoms with Gasteiger partial charge in [0, 0.05) is 29.7 Å². The van der Waals surface area contributed by atoms with Gasteiger partial charge in [-0.25, -0.2) is 9.78 Å². The van der Waals surface area contributed by atoms with Crippen LogP contribution < -0.4 is 15.6 Å². The molecule has 2 unspecified atom stereocenters. The molecule has 2 aromatic rings. The van der Waals surface area contributed by atoms with E-state index in [0.717, 1.165) is 28.2 Å². The van der Waals surface area contributed by atoms with E-state index in [1.165, 1.54) is 23.8 Å². The molecule has 0 saturated carbocycles. The molecule has 34 heavy (non-hydrogen) atoms. The zero-order valence-corrected chi connectivity index (χ0v) is 20.5. The number of fused-ring (bicyclic) bond motifs is 1. The summed E-state index contributed by atoms with van der Waals surface area (Å²) in [5.74, 6) is -1.98. The van der Waals surface area contributed by atoms with Crippen molar-refractivity contribution in [2.75, 3.05) is 18.6 Å². The number of hydrogen-bond acceptors (Lipinski definition) is 9. The van der Waals surface area contributed by atoms with E-state index in [-0.39, 0.29) is 22.2 Å². The van der Waals surface area contributed by atoms with Gasteiger partial charge in [0.15, 0.2) is 22.7 Å². The number of amides is 2. The Hall–Kier alpha value is -3.45. The van der Waals surface area contributed by atoms with Crippen LogP contribution in [0.25, 0.3) is 5.03 Å². The van der Waals surface area contributed by atoms with Crippen LogP contribution in [0.5, 0.6) is 0 Å². The predicted octanol–water partition coefficient (Wildman–Crippen LogP) is 0.642. The fraction of sp³-hybridized carbons (Fsp3) is 0.333. The first-order chi connectivity index (χ1) is 16.1. The fourth-order valence-corrected chi connectivity index (χ4v) is 5.75. The number of nitrogens with one attached hydrogen (secondary N) is 1. The maximum absolute atomic E-state index is 13.0. The minimum atomic E-state index is -1.21. The first kappa shape index (κ1) is 23.7. The van der Waals surface area contributed by atoms with Crippen molar-refractivity contribution >= 4 is 56.8 Å². The van der Waals surface area contributed by atoms with E-state index in [0.29, 0.717) is 10.8 Å². The number of carbonyl (C=O) groups excluding carboxylic acids is 2. The van der Waals surface area contributed by atoms with Crippen molar-refractivity contribution in [1.29, 1.82) is 0 Å². The normalized spacial score (nSPS) is 20.1. The van der Waals surface area contributed by atoms with Crippen molar-refractivity contribution in [2.24, 2.45) is 5.16 Å². The molecular formula is C21H23N6O5S2+. The number of aliphatic carboxylic acids is 1. The lowest BCUT2D eigenvalue weighted by atomic mass is 9.94. The van der Waals surface area contributed by atoms with Crippen molar-refractivity contribution in [3.63, 3.8) is 0 Å². The highest BCUT2D eigenvalue weighted by Crippen LogP contribution is 2.39. The number of oxime groups is 1. The number of pyridine rings is 1. The standard InChI is InChI=1S/C21H22N6O5S2/c1-9-5-6-26(11(3)10(9)2)19-16(20(30)31)27-13(8-33-19)15(18(27)29)24-17(28)14(25-32-4)12-7-34-21(22)23-12/h5-7,13,15H,8H2,1-4H3,(H3-,22,23,24,28,30,31)/p+1. The Morgan fingerprint density at radius 3 is 2.74 bits per heavy atom. The Morgan fingerprint density at radius 2 is 2.12 bits per heavy atom. The second-order valence-electron chi connectivity index (χ2n) is 7.77. The number of anilines is 1. The lowest BCUT2D eigenvalue weighted by Gasteiger charge is -2.48. The maximum atomic E-state index is 13.0. The number of aryl methyl sites for hydroxylation is 1. The van der Waals surface area contributed by atoms with Crippen molar-refractivity contribution in [1.82, 2.24) is 15.2 Å². The Bertz CT molecular complexity index is 1270. The number of thioether (sulfide) groups is 1. The molecule has 2 atom stereocenters. The largest absolute Gasteiger partial charge is 0.476 e. The highest BCUT2D eigenvalue weighted by Gasteiger charge is 2.56. The van der Waals surface area contributed by atoms with Crippen LogP contribution in [0.3, 0.4) is 0 Å². The lowest BCUT2D eigenvalue weighted by molar-refractivity contribution is -0.582. The number of nitrogens with zero attached hydrogens (tertiary/aromatic N) is 4. The van der Waals surface area contributed by atoms with Gasteiger partial charge in [-0.05, 0) is 19.4 Å². The minimum Gasteiger partial charge on any atom is -0.476 e. The summed E-state index contributed by atoms with van der Waals surface area (Å²) in [5, 5.41) is 18.6. The molecule has 1 saturated heterocycles. The van der Waals surface area contributed by atoms with Gasteiger partial charge in [-0.1, -0.05) is 16.9 Å². The molecule has 13 heteroatoms. The number of carboxylic acids is 1. The van der Waals surface area contributed by atoms with Crippen molar-refractivity contribution in [3.05, 3.63) is 45.9 Å². The molecule has 0 aliphatic carbocycles. The number of hydrogen-bond donors (Lipinski definition) is 3. The zero-order chi connectivity index (χ0) is 24.7. The van der Waals surface area contributed by atoms with Crippen LogP contribution in [0, 0.1) is 20.8 Å². The first-order valence-corrected chi connectivity index (χ1v) is 12.1. The number of nitrogen functional groups attached to an aromatic ring is 1. The molecular weight excluding hydrogens is 480 g/mol. The van der Waals surface area contributed by atoms with Crippen LogP contribution >= 0.6 is 23.1 Å². The molecule has 4 heterocycles. The number of nitrogens with two attached hydrogens (primary N) is 1. The Labute approximate surface area is 203 Å². The highest BCUT2D eigenvalue weighted by molar-refractivity contribution is 8.07. The van der Waals surface area contributed by atoms with Gasteiger partial charge in [0.25, 0.3) is 16.8 Å². The van der Waals surface area contributed by atoms with Gasteiger partial charge in [-0.2, -0.15) is 4.57 Å². The van der Waals surface area contributed by atoms with E-state index in [1.807, 2.05) is 26.8 Å². The van der Waals surface area contributed by atoms with Gasteiger partial charge in [0.05, 0.1) is 6.04 Å². The van der Waals surface area contributed by atoms with Crippen LogP contribution in [-0.2, 0) is 19.2 Å². The van der Waals surface area contributed by atoms with Crippen LogP contribution in [0.1, 0.15) is 22.5 Å². The third-order valence-electron chi connectivity index (χ3n) is 5.89. The summed E-state index contributed by atoms with van der Waals surface area (Å²) in [6, 6.07) is 0.484. The second kappa shape index (κ2) is 9.06. The number of thiazole rings is 1. The van der Waals surface area contributed by atoms with E-state index in [4.69, 9.17) is 10.6 Å². The molecule has 4 rings (SSSR count). The molecule has 2 aliphatic rings. The van der Waals surface area contributed by atoms with Crippen LogP contribution in [0.2, 0.25) is 0 Å². The molecule has 2 amide bonds. The SMILES string of the molecule is CON=C(C(=O)NC1C(=O)N2C(C(=O)O)=C([n+]3ccc(C)c(C)c3C)SCC12)c1csc(N)n1. The summed E-state index contributed by atoms with van der Waals surface area (Å²) in [6.07, 6.45) is 1.81.